The lowest BCUT2D eigenvalue weighted by molar-refractivity contribution is -0.254. The predicted molar refractivity (Wildman–Crippen MR) is 108 cm³/mol. The standard InChI is InChI=1S/C24H21NO2/c1-24(2,3)17-11-8-16(9-12-17)21-14-19(23(26)27)22-18-7-5-4-6-15(18)10-13-20(22)25-21/h4-14H,1-3H3,(H,26,27)/p-1. The fourth-order valence-corrected chi connectivity index (χ4v) is 3.46. The largest absolute Gasteiger partial charge is 0.545 e. The van der Waals surface area contributed by atoms with Crippen LogP contribution in [-0.2, 0) is 5.41 Å². The molecule has 0 radical (unpaired) electrons. The highest BCUT2D eigenvalue weighted by Crippen LogP contribution is 2.31. The van der Waals surface area contributed by atoms with Gasteiger partial charge in [0.05, 0.1) is 17.2 Å². The second-order valence-electron chi connectivity index (χ2n) is 7.85. The number of pyridine rings is 1. The molecule has 1 aromatic heterocycles. The summed E-state index contributed by atoms with van der Waals surface area (Å²) < 4.78 is 0. The Morgan fingerprint density at radius 2 is 1.63 bits per heavy atom. The summed E-state index contributed by atoms with van der Waals surface area (Å²) in [6.07, 6.45) is 0. The van der Waals surface area contributed by atoms with Crippen molar-refractivity contribution in [2.45, 2.75) is 26.2 Å². The van der Waals surface area contributed by atoms with E-state index in [4.69, 9.17) is 4.98 Å². The van der Waals surface area contributed by atoms with Gasteiger partial charge in [0.25, 0.3) is 0 Å². The summed E-state index contributed by atoms with van der Waals surface area (Å²) in [4.78, 5) is 16.6. The van der Waals surface area contributed by atoms with Crippen molar-refractivity contribution in [3.63, 3.8) is 0 Å². The fourth-order valence-electron chi connectivity index (χ4n) is 3.46. The van der Waals surface area contributed by atoms with Crippen molar-refractivity contribution < 1.29 is 9.90 Å². The topological polar surface area (TPSA) is 53.0 Å². The van der Waals surface area contributed by atoms with Crippen molar-refractivity contribution in [3.8, 4) is 11.3 Å². The first-order valence-corrected chi connectivity index (χ1v) is 8.99. The number of carboxylic acids is 1. The van der Waals surface area contributed by atoms with Crippen LogP contribution in [-0.4, -0.2) is 11.0 Å². The van der Waals surface area contributed by atoms with Crippen molar-refractivity contribution >= 4 is 27.6 Å². The minimum absolute atomic E-state index is 0.0599. The third-order valence-corrected chi connectivity index (χ3v) is 4.96. The Kier molecular flexibility index (Phi) is 3.96. The Balaban J connectivity index is 1.95. The van der Waals surface area contributed by atoms with Crippen LogP contribution in [0.4, 0.5) is 0 Å². The minimum Gasteiger partial charge on any atom is -0.545 e. The molecule has 0 saturated heterocycles. The van der Waals surface area contributed by atoms with Gasteiger partial charge in [-0.1, -0.05) is 75.4 Å². The second kappa shape index (κ2) is 6.20. The summed E-state index contributed by atoms with van der Waals surface area (Å²) in [6.45, 7) is 6.49. The molecule has 3 aromatic carbocycles. The fraction of sp³-hybridized carbons (Fsp3) is 0.167. The first-order valence-electron chi connectivity index (χ1n) is 8.99. The lowest BCUT2D eigenvalue weighted by Gasteiger charge is -2.19. The summed E-state index contributed by atoms with van der Waals surface area (Å²) >= 11 is 0. The quantitative estimate of drug-likeness (QED) is 0.490. The van der Waals surface area contributed by atoms with E-state index < -0.39 is 5.97 Å². The van der Waals surface area contributed by atoms with Gasteiger partial charge in [-0.05, 0) is 33.9 Å². The van der Waals surface area contributed by atoms with E-state index in [0.29, 0.717) is 16.6 Å². The monoisotopic (exact) mass is 354 g/mol. The Morgan fingerprint density at radius 3 is 2.30 bits per heavy atom. The Morgan fingerprint density at radius 1 is 0.926 bits per heavy atom. The van der Waals surface area contributed by atoms with Crippen LogP contribution in [0.1, 0.15) is 36.7 Å². The van der Waals surface area contributed by atoms with Crippen LogP contribution in [0.25, 0.3) is 32.9 Å². The van der Waals surface area contributed by atoms with E-state index in [-0.39, 0.29) is 11.0 Å². The molecule has 0 aliphatic carbocycles. The van der Waals surface area contributed by atoms with Crippen LogP contribution in [0.15, 0.2) is 66.7 Å². The van der Waals surface area contributed by atoms with Crippen molar-refractivity contribution in [3.05, 3.63) is 77.9 Å². The summed E-state index contributed by atoms with van der Waals surface area (Å²) in [7, 11) is 0. The van der Waals surface area contributed by atoms with E-state index in [1.807, 2.05) is 48.5 Å². The molecule has 0 fully saturated rings. The van der Waals surface area contributed by atoms with Crippen LogP contribution in [0, 0.1) is 0 Å². The van der Waals surface area contributed by atoms with Gasteiger partial charge in [0.15, 0.2) is 0 Å². The Labute approximate surface area is 158 Å². The third-order valence-electron chi connectivity index (χ3n) is 4.96. The number of hydrogen-bond donors (Lipinski definition) is 0. The number of aromatic nitrogens is 1. The maximum absolute atomic E-state index is 11.9. The molecule has 0 bridgehead atoms. The van der Waals surface area contributed by atoms with E-state index in [2.05, 4.69) is 32.9 Å². The van der Waals surface area contributed by atoms with Gasteiger partial charge in [0.2, 0.25) is 0 Å². The molecule has 3 heteroatoms. The van der Waals surface area contributed by atoms with Crippen LogP contribution in [0.5, 0.6) is 0 Å². The first-order chi connectivity index (χ1) is 12.8. The van der Waals surface area contributed by atoms with Crippen LogP contribution >= 0.6 is 0 Å². The zero-order valence-electron chi connectivity index (χ0n) is 15.6. The summed E-state index contributed by atoms with van der Waals surface area (Å²) in [5, 5.41) is 14.4. The highest BCUT2D eigenvalue weighted by atomic mass is 16.4. The van der Waals surface area contributed by atoms with Crippen LogP contribution in [0.2, 0.25) is 0 Å². The lowest BCUT2D eigenvalue weighted by atomic mass is 9.86. The summed E-state index contributed by atoms with van der Waals surface area (Å²) in [5.74, 6) is -1.19. The number of hydrogen-bond acceptors (Lipinski definition) is 3. The van der Waals surface area contributed by atoms with Crippen molar-refractivity contribution in [1.82, 2.24) is 4.98 Å². The molecule has 0 N–H and O–H groups in total. The molecule has 0 saturated carbocycles. The smallest absolute Gasteiger partial charge is 0.0723 e. The first kappa shape index (κ1) is 17.2. The van der Waals surface area contributed by atoms with Gasteiger partial charge >= 0.3 is 0 Å². The molecule has 4 aromatic rings. The highest BCUT2D eigenvalue weighted by Gasteiger charge is 2.15. The maximum atomic E-state index is 11.9. The average Bonchev–Trinajstić information content (AvgIpc) is 2.66. The average molecular weight is 354 g/mol. The Hall–Kier alpha value is -3.20. The molecule has 0 amide bonds. The Bertz CT molecular complexity index is 1170. The normalized spacial score (nSPS) is 11.8. The van der Waals surface area contributed by atoms with Gasteiger partial charge in [-0.2, -0.15) is 0 Å². The number of carbonyl (C=O) groups excluding carboxylic acids is 1. The minimum atomic E-state index is -1.19. The lowest BCUT2D eigenvalue weighted by Crippen LogP contribution is -2.23. The zero-order chi connectivity index (χ0) is 19.2. The molecular weight excluding hydrogens is 334 g/mol. The second-order valence-corrected chi connectivity index (χ2v) is 7.85. The van der Waals surface area contributed by atoms with Crippen molar-refractivity contribution in [2.75, 3.05) is 0 Å². The number of benzene rings is 3. The van der Waals surface area contributed by atoms with Crippen LogP contribution < -0.4 is 5.11 Å². The van der Waals surface area contributed by atoms with Gasteiger partial charge in [-0.25, -0.2) is 4.98 Å². The molecule has 0 spiro atoms. The number of fused-ring (bicyclic) bond motifs is 3. The van der Waals surface area contributed by atoms with E-state index in [9.17, 15) is 9.90 Å². The van der Waals surface area contributed by atoms with Gasteiger partial charge < -0.3 is 9.90 Å². The number of carbonyl (C=O) groups is 1. The molecule has 1 heterocycles. The molecule has 0 atom stereocenters. The molecule has 27 heavy (non-hydrogen) atoms. The van der Waals surface area contributed by atoms with Gasteiger partial charge in [0, 0.05) is 16.5 Å². The zero-order valence-corrected chi connectivity index (χ0v) is 15.6. The van der Waals surface area contributed by atoms with E-state index in [1.54, 1.807) is 6.07 Å². The number of aromatic carboxylic acids is 1. The van der Waals surface area contributed by atoms with Crippen LogP contribution in [0.3, 0.4) is 0 Å². The third kappa shape index (κ3) is 3.06. The molecular formula is C24H20NO2-. The van der Waals surface area contributed by atoms with Gasteiger partial charge in [0.1, 0.15) is 0 Å². The van der Waals surface area contributed by atoms with Crippen molar-refractivity contribution in [1.29, 1.82) is 0 Å². The number of carboxylic acid groups (broad SMARTS) is 1. The van der Waals surface area contributed by atoms with Crippen molar-refractivity contribution in [2.24, 2.45) is 0 Å². The molecule has 0 unspecified atom stereocenters. The van der Waals surface area contributed by atoms with Gasteiger partial charge in [-0.15, -0.1) is 0 Å². The van der Waals surface area contributed by atoms with E-state index in [1.165, 1.54) is 5.56 Å². The molecule has 4 rings (SSSR count). The predicted octanol–water partition coefficient (Wildman–Crippen LogP) is 4.72. The summed E-state index contributed by atoms with van der Waals surface area (Å²) in [6, 6.07) is 21.3. The summed E-state index contributed by atoms with van der Waals surface area (Å²) in [5.41, 5.74) is 3.64. The number of rotatable bonds is 2. The SMILES string of the molecule is CC(C)(C)c1ccc(-c2cc(C(=O)[O-])c3c(ccc4ccccc43)n2)cc1. The van der Waals surface area contributed by atoms with E-state index in [0.717, 1.165) is 16.3 Å². The molecule has 134 valence electrons. The highest BCUT2D eigenvalue weighted by molar-refractivity contribution is 6.15. The van der Waals surface area contributed by atoms with Gasteiger partial charge in [-0.3, -0.25) is 0 Å². The number of nitrogens with zero attached hydrogens (tertiary/aromatic N) is 1. The molecule has 3 nitrogen and oxygen atoms in total. The van der Waals surface area contributed by atoms with E-state index >= 15 is 0 Å². The molecule has 0 aliphatic heterocycles. The maximum Gasteiger partial charge on any atom is 0.0723 e. The molecule has 0 aliphatic rings.